The van der Waals surface area contributed by atoms with E-state index in [4.69, 9.17) is 4.98 Å². The lowest BCUT2D eigenvalue weighted by Crippen LogP contribution is -1.99. The Bertz CT molecular complexity index is 4500. The van der Waals surface area contributed by atoms with Crippen LogP contribution in [-0.2, 0) is 0 Å². The van der Waals surface area contributed by atoms with Crippen LogP contribution in [0.5, 0.6) is 0 Å². The van der Waals surface area contributed by atoms with Gasteiger partial charge in [0, 0.05) is 38.1 Å². The van der Waals surface area contributed by atoms with Gasteiger partial charge in [-0.3, -0.25) is 0 Å². The number of nitrogens with zero attached hydrogens (tertiary/aromatic N) is 3. The Morgan fingerprint density at radius 1 is 0.265 bits per heavy atom. The molecule has 16 rings (SSSR count). The van der Waals surface area contributed by atoms with Crippen LogP contribution in [0.2, 0.25) is 0 Å². The van der Waals surface area contributed by atoms with Crippen molar-refractivity contribution in [3.63, 3.8) is 0 Å². The van der Waals surface area contributed by atoms with Crippen molar-refractivity contribution in [1.82, 2.24) is 14.1 Å². The average molecular weight is 860 g/mol. The Kier molecular flexibility index (Phi) is 7.07. The molecule has 0 atom stereocenters. The molecule has 0 unspecified atom stereocenters. The molecule has 0 spiro atoms. The van der Waals surface area contributed by atoms with Gasteiger partial charge in [-0.1, -0.05) is 164 Å². The fourth-order valence-electron chi connectivity index (χ4n) is 12.2. The van der Waals surface area contributed by atoms with Crippen molar-refractivity contribution in [1.29, 1.82) is 0 Å². The summed E-state index contributed by atoms with van der Waals surface area (Å²) in [6.45, 7) is 0. The van der Waals surface area contributed by atoms with E-state index in [1.54, 1.807) is 0 Å². The summed E-state index contributed by atoms with van der Waals surface area (Å²) in [7, 11) is 0. The van der Waals surface area contributed by atoms with Crippen LogP contribution in [0.4, 0.5) is 0 Å². The molecule has 3 heteroatoms. The largest absolute Gasteiger partial charge is 0.309 e. The Labute approximate surface area is 389 Å². The number of fused-ring (bicyclic) bond motifs is 8. The maximum atomic E-state index is 5.68. The molecule has 3 heterocycles. The molecule has 0 saturated carbocycles. The van der Waals surface area contributed by atoms with Crippen molar-refractivity contribution in [2.45, 2.75) is 0 Å². The van der Waals surface area contributed by atoms with Crippen LogP contribution in [0.25, 0.3) is 153 Å². The normalized spacial score (nSPS) is 12.4. The molecule has 0 aliphatic rings. The summed E-state index contributed by atoms with van der Waals surface area (Å²) >= 11 is 0. The highest BCUT2D eigenvalue weighted by Crippen LogP contribution is 2.45. The van der Waals surface area contributed by atoms with Crippen molar-refractivity contribution >= 4 is 119 Å². The Morgan fingerprint density at radius 2 is 0.706 bits per heavy atom. The zero-order valence-corrected chi connectivity index (χ0v) is 36.7. The third kappa shape index (κ3) is 4.89. The van der Waals surface area contributed by atoms with Gasteiger partial charge in [-0.2, -0.15) is 0 Å². The lowest BCUT2D eigenvalue weighted by Gasteiger charge is -2.17. The van der Waals surface area contributed by atoms with Crippen LogP contribution < -0.4 is 0 Å². The van der Waals surface area contributed by atoms with E-state index >= 15 is 0 Å². The van der Waals surface area contributed by atoms with E-state index in [0.717, 1.165) is 33.7 Å². The molecule has 0 saturated heterocycles. The fraction of sp³-hybridized carbons (Fsp3) is 0. The molecular formula is C65H37N3. The molecule has 0 aliphatic heterocycles. The van der Waals surface area contributed by atoms with Gasteiger partial charge in [-0.15, -0.1) is 0 Å². The number of hydrogen-bond donors (Lipinski definition) is 0. The second-order valence-corrected chi connectivity index (χ2v) is 18.7. The highest BCUT2D eigenvalue weighted by Gasteiger charge is 2.23. The van der Waals surface area contributed by atoms with Gasteiger partial charge in [0.1, 0.15) is 0 Å². The number of pyridine rings is 1. The smallest absolute Gasteiger partial charge is 0.0730 e. The van der Waals surface area contributed by atoms with Crippen LogP contribution in [0.15, 0.2) is 224 Å². The average Bonchev–Trinajstić information content (AvgIpc) is 3.92. The van der Waals surface area contributed by atoms with Gasteiger partial charge >= 0.3 is 0 Å². The van der Waals surface area contributed by atoms with Gasteiger partial charge in [-0.25, -0.2) is 4.98 Å². The first-order chi connectivity index (χ1) is 33.7. The number of rotatable bonds is 4. The van der Waals surface area contributed by atoms with E-state index < -0.39 is 0 Å². The number of para-hydroxylation sites is 2. The number of benzene rings is 13. The predicted molar refractivity (Wildman–Crippen MR) is 289 cm³/mol. The van der Waals surface area contributed by atoms with Gasteiger partial charge in [0.2, 0.25) is 0 Å². The fourth-order valence-corrected chi connectivity index (χ4v) is 12.2. The lowest BCUT2D eigenvalue weighted by atomic mass is 9.91. The Balaban J connectivity index is 1.03. The first-order valence-corrected chi connectivity index (χ1v) is 23.5. The van der Waals surface area contributed by atoms with E-state index in [9.17, 15) is 0 Å². The molecule has 0 amide bonds. The standard InChI is InChI=1S/C65H37N3/c1-2-16-50-38(10-1)11-9-21-56(50)68-58-20-6-4-18-53(58)64-59(68)31-30-52-51-17-3-5-19-57(51)67(65(52)64)49-36-54(47-32-43-26-22-39-12-7-13-40-23-27-44(33-47)62(43)60(39)40)66-55(37-49)48-34-45-28-24-41-14-8-15-42-25-29-46(35-48)63(45)61(41)42/h1-37H. The van der Waals surface area contributed by atoms with Crippen molar-refractivity contribution in [2.24, 2.45) is 0 Å². The van der Waals surface area contributed by atoms with Gasteiger partial charge < -0.3 is 9.13 Å². The zero-order chi connectivity index (χ0) is 44.2. The van der Waals surface area contributed by atoms with Crippen molar-refractivity contribution in [3.05, 3.63) is 224 Å². The third-order valence-corrected chi connectivity index (χ3v) is 15.1. The molecular weight excluding hydrogens is 823 g/mol. The van der Waals surface area contributed by atoms with E-state index in [1.807, 2.05) is 0 Å². The first-order valence-electron chi connectivity index (χ1n) is 23.5. The molecule has 68 heavy (non-hydrogen) atoms. The molecule has 13 aromatic carbocycles. The molecule has 312 valence electrons. The Morgan fingerprint density at radius 3 is 1.29 bits per heavy atom. The quantitative estimate of drug-likeness (QED) is 0.162. The maximum absolute atomic E-state index is 5.68. The van der Waals surface area contributed by atoms with E-state index in [0.29, 0.717) is 0 Å². The molecule has 0 radical (unpaired) electrons. The van der Waals surface area contributed by atoms with Crippen molar-refractivity contribution in [2.75, 3.05) is 0 Å². The molecule has 3 nitrogen and oxygen atoms in total. The van der Waals surface area contributed by atoms with E-state index in [-0.39, 0.29) is 0 Å². The molecule has 0 bridgehead atoms. The van der Waals surface area contributed by atoms with Crippen LogP contribution in [0.3, 0.4) is 0 Å². The highest BCUT2D eigenvalue weighted by molar-refractivity contribution is 6.28. The van der Waals surface area contributed by atoms with E-state index in [1.165, 1.54) is 119 Å². The minimum Gasteiger partial charge on any atom is -0.309 e. The summed E-state index contributed by atoms with van der Waals surface area (Å²) in [6, 6.07) is 83.4. The monoisotopic (exact) mass is 859 g/mol. The predicted octanol–water partition coefficient (Wildman–Crippen LogP) is 17.6. The molecule has 0 fully saturated rings. The van der Waals surface area contributed by atoms with Crippen LogP contribution >= 0.6 is 0 Å². The summed E-state index contributed by atoms with van der Waals surface area (Å²) in [5.74, 6) is 0. The van der Waals surface area contributed by atoms with Gasteiger partial charge in [-0.05, 0) is 131 Å². The number of hydrogen-bond acceptors (Lipinski definition) is 1. The third-order valence-electron chi connectivity index (χ3n) is 15.1. The summed E-state index contributed by atoms with van der Waals surface area (Å²) in [4.78, 5) is 5.68. The molecule has 0 aliphatic carbocycles. The van der Waals surface area contributed by atoms with Crippen molar-refractivity contribution in [3.8, 4) is 33.9 Å². The van der Waals surface area contributed by atoms with Crippen LogP contribution in [0, 0.1) is 0 Å². The van der Waals surface area contributed by atoms with E-state index in [2.05, 4.69) is 234 Å². The van der Waals surface area contributed by atoms with Gasteiger partial charge in [0.15, 0.2) is 0 Å². The highest BCUT2D eigenvalue weighted by atomic mass is 15.0. The van der Waals surface area contributed by atoms with Crippen LogP contribution in [0.1, 0.15) is 0 Å². The SMILES string of the molecule is c1ccc2c(-n3c4ccccc4c4c3ccc3c5ccccc5n(-c5cc(-c6cc7ccc8cccc9ccc(c6)c7c89)nc(-c6cc7ccc8cccc9ccc(c6)c7c89)c5)c34)cccc2c1. The summed E-state index contributed by atoms with van der Waals surface area (Å²) in [5.41, 5.74) is 11.0. The minimum absolute atomic E-state index is 0.935. The van der Waals surface area contributed by atoms with Crippen molar-refractivity contribution < 1.29 is 0 Å². The topological polar surface area (TPSA) is 22.8 Å². The second-order valence-electron chi connectivity index (χ2n) is 18.7. The molecule has 16 aromatic rings. The number of aromatic nitrogens is 3. The summed E-state index contributed by atoms with van der Waals surface area (Å²) in [5, 5.41) is 22.6. The zero-order valence-electron chi connectivity index (χ0n) is 36.7. The minimum atomic E-state index is 0.935. The maximum Gasteiger partial charge on any atom is 0.0730 e. The van der Waals surface area contributed by atoms with Crippen LogP contribution in [-0.4, -0.2) is 14.1 Å². The van der Waals surface area contributed by atoms with Gasteiger partial charge in [0.05, 0.1) is 44.8 Å². The summed E-state index contributed by atoms with van der Waals surface area (Å²) in [6.07, 6.45) is 0. The summed E-state index contributed by atoms with van der Waals surface area (Å²) < 4.78 is 5.00. The molecule has 3 aromatic heterocycles. The lowest BCUT2D eigenvalue weighted by molar-refractivity contribution is 1.16. The Hall–Kier alpha value is -9.05. The second kappa shape index (κ2) is 13.3. The van der Waals surface area contributed by atoms with Gasteiger partial charge in [0.25, 0.3) is 0 Å². The molecule has 0 N–H and O–H groups in total. The first kappa shape index (κ1) is 36.2.